The number of tetrazole rings is 1. The van der Waals surface area contributed by atoms with Gasteiger partial charge in [-0.3, -0.25) is 0 Å². The van der Waals surface area contributed by atoms with Gasteiger partial charge in [-0.1, -0.05) is 0 Å². The molecule has 0 saturated heterocycles. The average Bonchev–Trinajstić information content (AvgIpc) is 2.71. The van der Waals surface area contributed by atoms with Crippen molar-refractivity contribution in [1.82, 2.24) is 20.6 Å². The standard InChI is InChI=1S/C8H9N5O2/c1-15-7-2-4(5(9)3-6(7)14)8-10-12-13-11-8/h2-3,14H,9H2,1H3,(H,10,11,12,13). The third-order valence-corrected chi connectivity index (χ3v) is 1.94. The van der Waals surface area contributed by atoms with Crippen LogP contribution in [-0.2, 0) is 0 Å². The summed E-state index contributed by atoms with van der Waals surface area (Å²) in [6.45, 7) is 0. The van der Waals surface area contributed by atoms with Crippen molar-refractivity contribution in [3.05, 3.63) is 12.1 Å². The number of nitrogen functional groups attached to an aromatic ring is 1. The minimum atomic E-state index is -0.0257. The van der Waals surface area contributed by atoms with Crippen molar-refractivity contribution in [2.45, 2.75) is 0 Å². The molecule has 0 fully saturated rings. The van der Waals surface area contributed by atoms with Gasteiger partial charge in [0.25, 0.3) is 0 Å². The first kappa shape index (κ1) is 9.25. The first-order valence-electron chi connectivity index (χ1n) is 4.12. The molecule has 1 heterocycles. The zero-order chi connectivity index (χ0) is 10.8. The Morgan fingerprint density at radius 2 is 2.27 bits per heavy atom. The number of nitrogens with two attached hydrogens (primary N) is 1. The van der Waals surface area contributed by atoms with Crippen LogP contribution in [0.15, 0.2) is 12.1 Å². The average molecular weight is 207 g/mol. The van der Waals surface area contributed by atoms with Crippen LogP contribution in [0.3, 0.4) is 0 Å². The molecule has 0 aliphatic rings. The molecule has 0 aliphatic carbocycles. The maximum atomic E-state index is 9.44. The molecule has 7 nitrogen and oxygen atoms in total. The first-order chi connectivity index (χ1) is 7.22. The van der Waals surface area contributed by atoms with Crippen LogP contribution in [0.1, 0.15) is 0 Å². The number of hydrogen-bond acceptors (Lipinski definition) is 6. The molecular weight excluding hydrogens is 198 g/mol. The predicted octanol–water partition coefficient (Wildman–Crippen LogP) is 0.163. The fourth-order valence-corrected chi connectivity index (χ4v) is 1.22. The molecule has 4 N–H and O–H groups in total. The summed E-state index contributed by atoms with van der Waals surface area (Å²) in [5, 5.41) is 22.8. The highest BCUT2D eigenvalue weighted by Crippen LogP contribution is 2.34. The monoisotopic (exact) mass is 207 g/mol. The summed E-state index contributed by atoms with van der Waals surface area (Å²) in [4.78, 5) is 0. The summed E-state index contributed by atoms with van der Waals surface area (Å²) in [5.74, 6) is 0.636. The Labute approximate surface area is 84.9 Å². The molecule has 78 valence electrons. The molecule has 7 heteroatoms. The Morgan fingerprint density at radius 3 is 2.87 bits per heavy atom. The van der Waals surface area contributed by atoms with Crippen LogP contribution in [0.2, 0.25) is 0 Å². The quantitative estimate of drug-likeness (QED) is 0.605. The van der Waals surface area contributed by atoms with Crippen LogP contribution in [0.5, 0.6) is 11.5 Å². The van der Waals surface area contributed by atoms with E-state index in [1.807, 2.05) is 0 Å². The number of phenols is 1. The van der Waals surface area contributed by atoms with Crippen LogP contribution in [0, 0.1) is 0 Å². The van der Waals surface area contributed by atoms with Gasteiger partial charge >= 0.3 is 0 Å². The molecule has 15 heavy (non-hydrogen) atoms. The van der Waals surface area contributed by atoms with Crippen molar-refractivity contribution in [3.8, 4) is 22.9 Å². The molecule has 0 bridgehead atoms. The lowest BCUT2D eigenvalue weighted by Crippen LogP contribution is -1.94. The fourth-order valence-electron chi connectivity index (χ4n) is 1.22. The molecule has 0 radical (unpaired) electrons. The molecule has 1 aromatic carbocycles. The van der Waals surface area contributed by atoms with E-state index in [1.165, 1.54) is 13.2 Å². The summed E-state index contributed by atoms with van der Waals surface area (Å²) < 4.78 is 4.95. The van der Waals surface area contributed by atoms with E-state index >= 15 is 0 Å². The predicted molar refractivity (Wildman–Crippen MR) is 52.2 cm³/mol. The van der Waals surface area contributed by atoms with Gasteiger partial charge in [0.15, 0.2) is 11.5 Å². The largest absolute Gasteiger partial charge is 0.504 e. The second kappa shape index (κ2) is 3.45. The highest BCUT2D eigenvalue weighted by atomic mass is 16.5. The number of nitrogens with one attached hydrogen (secondary N) is 1. The highest BCUT2D eigenvalue weighted by Gasteiger charge is 2.12. The van der Waals surface area contributed by atoms with Crippen LogP contribution < -0.4 is 10.5 Å². The number of ether oxygens (including phenoxy) is 1. The van der Waals surface area contributed by atoms with E-state index in [0.717, 1.165) is 0 Å². The molecule has 0 atom stereocenters. The Morgan fingerprint density at radius 1 is 1.47 bits per heavy atom. The van der Waals surface area contributed by atoms with E-state index in [9.17, 15) is 5.11 Å². The number of aromatic hydroxyl groups is 1. The number of hydrogen-bond donors (Lipinski definition) is 3. The lowest BCUT2D eigenvalue weighted by molar-refractivity contribution is 0.374. The van der Waals surface area contributed by atoms with Gasteiger partial charge in [-0.2, -0.15) is 5.21 Å². The zero-order valence-electron chi connectivity index (χ0n) is 7.93. The third-order valence-electron chi connectivity index (χ3n) is 1.94. The summed E-state index contributed by atoms with van der Waals surface area (Å²) in [7, 11) is 1.45. The zero-order valence-corrected chi connectivity index (χ0v) is 7.93. The van der Waals surface area contributed by atoms with Crippen molar-refractivity contribution in [2.24, 2.45) is 0 Å². The molecular formula is C8H9N5O2. The van der Waals surface area contributed by atoms with E-state index in [-0.39, 0.29) is 5.75 Å². The number of aromatic amines is 1. The van der Waals surface area contributed by atoms with Crippen LogP contribution in [0.4, 0.5) is 5.69 Å². The van der Waals surface area contributed by atoms with Gasteiger partial charge in [0.2, 0.25) is 5.82 Å². The van der Waals surface area contributed by atoms with E-state index in [4.69, 9.17) is 10.5 Å². The number of anilines is 1. The summed E-state index contributed by atoms with van der Waals surface area (Å²) >= 11 is 0. The summed E-state index contributed by atoms with van der Waals surface area (Å²) in [6.07, 6.45) is 0. The maximum absolute atomic E-state index is 9.44. The van der Waals surface area contributed by atoms with Crippen LogP contribution in [0.25, 0.3) is 11.4 Å². The number of H-pyrrole nitrogens is 1. The lowest BCUT2D eigenvalue weighted by Gasteiger charge is -2.06. The topological polar surface area (TPSA) is 110 Å². The molecule has 0 unspecified atom stereocenters. The second-order valence-electron chi connectivity index (χ2n) is 2.85. The van der Waals surface area contributed by atoms with Gasteiger partial charge in [-0.05, 0) is 11.3 Å². The minimum Gasteiger partial charge on any atom is -0.504 e. The number of methoxy groups -OCH3 is 1. The molecule has 0 spiro atoms. The molecule has 2 rings (SSSR count). The van der Waals surface area contributed by atoms with E-state index in [0.29, 0.717) is 22.8 Å². The Hall–Kier alpha value is -2.31. The number of aromatic nitrogens is 4. The molecule has 1 aromatic heterocycles. The van der Waals surface area contributed by atoms with Gasteiger partial charge in [0.1, 0.15) is 0 Å². The molecule has 0 amide bonds. The van der Waals surface area contributed by atoms with E-state index in [1.54, 1.807) is 6.07 Å². The van der Waals surface area contributed by atoms with Gasteiger partial charge in [-0.15, -0.1) is 10.2 Å². The first-order valence-corrected chi connectivity index (χ1v) is 4.12. The molecule has 0 saturated carbocycles. The summed E-state index contributed by atoms with van der Waals surface area (Å²) in [5.41, 5.74) is 6.61. The van der Waals surface area contributed by atoms with Gasteiger partial charge < -0.3 is 15.6 Å². The number of rotatable bonds is 2. The third kappa shape index (κ3) is 1.54. The summed E-state index contributed by atoms with van der Waals surface area (Å²) in [6, 6.07) is 2.93. The van der Waals surface area contributed by atoms with Gasteiger partial charge in [0.05, 0.1) is 7.11 Å². The number of phenolic OH excluding ortho intramolecular Hbond substituents is 1. The lowest BCUT2D eigenvalue weighted by atomic mass is 10.1. The number of nitrogens with zero attached hydrogens (tertiary/aromatic N) is 3. The number of benzene rings is 1. The Kier molecular flexibility index (Phi) is 2.13. The van der Waals surface area contributed by atoms with Crippen LogP contribution in [-0.4, -0.2) is 32.8 Å². The van der Waals surface area contributed by atoms with Crippen molar-refractivity contribution in [1.29, 1.82) is 0 Å². The Bertz CT molecular complexity index is 468. The highest BCUT2D eigenvalue weighted by molar-refractivity contribution is 5.75. The van der Waals surface area contributed by atoms with E-state index in [2.05, 4.69) is 20.6 Å². The molecule has 0 aliphatic heterocycles. The fraction of sp³-hybridized carbons (Fsp3) is 0.125. The Balaban J connectivity index is 2.57. The van der Waals surface area contributed by atoms with Crippen molar-refractivity contribution >= 4 is 5.69 Å². The second-order valence-corrected chi connectivity index (χ2v) is 2.85. The smallest absolute Gasteiger partial charge is 0.206 e. The van der Waals surface area contributed by atoms with Crippen LogP contribution >= 0.6 is 0 Å². The maximum Gasteiger partial charge on any atom is 0.206 e. The normalized spacial score (nSPS) is 10.2. The molecule has 2 aromatic rings. The van der Waals surface area contributed by atoms with Crippen molar-refractivity contribution in [3.63, 3.8) is 0 Å². The minimum absolute atomic E-state index is 0.0257. The SMILES string of the molecule is COc1cc(-c2nn[nH]n2)c(N)cc1O. The van der Waals surface area contributed by atoms with Crippen molar-refractivity contribution in [2.75, 3.05) is 12.8 Å². The van der Waals surface area contributed by atoms with E-state index < -0.39 is 0 Å². The van der Waals surface area contributed by atoms with Gasteiger partial charge in [0, 0.05) is 17.3 Å². The van der Waals surface area contributed by atoms with Crippen molar-refractivity contribution < 1.29 is 9.84 Å². The van der Waals surface area contributed by atoms with Gasteiger partial charge in [-0.25, -0.2) is 0 Å².